The lowest BCUT2D eigenvalue weighted by Crippen LogP contribution is -2.24. The summed E-state index contributed by atoms with van der Waals surface area (Å²) in [5, 5.41) is 16.6. The molecule has 17 heavy (non-hydrogen) atoms. The maximum atomic E-state index is 11.1. The lowest BCUT2D eigenvalue weighted by atomic mass is 10.0. The van der Waals surface area contributed by atoms with Gasteiger partial charge in [-0.25, -0.2) is 9.67 Å². The van der Waals surface area contributed by atoms with Gasteiger partial charge in [-0.3, -0.25) is 4.79 Å². The van der Waals surface area contributed by atoms with Gasteiger partial charge in [-0.2, -0.15) is 5.10 Å². The number of nitrogens with zero attached hydrogens (tertiary/aromatic N) is 3. The Balaban J connectivity index is 1.88. The van der Waals surface area contributed by atoms with E-state index < -0.39 is 11.9 Å². The Kier molecular flexibility index (Phi) is 2.56. The quantitative estimate of drug-likeness (QED) is 0.725. The molecule has 0 aromatic carbocycles. The number of aliphatic carboxylic acids is 1. The number of hydrogen-bond acceptors (Lipinski definition) is 5. The van der Waals surface area contributed by atoms with E-state index >= 15 is 0 Å². The highest BCUT2D eigenvalue weighted by Crippen LogP contribution is 2.28. The summed E-state index contributed by atoms with van der Waals surface area (Å²) in [6.07, 6.45) is 0.625. The predicted molar refractivity (Wildman–Crippen MR) is 56.2 cm³/mol. The molecule has 3 heterocycles. The zero-order valence-corrected chi connectivity index (χ0v) is 9.30. The van der Waals surface area contributed by atoms with Gasteiger partial charge in [0, 0.05) is 0 Å². The van der Waals surface area contributed by atoms with Crippen molar-refractivity contribution in [2.24, 2.45) is 5.92 Å². The van der Waals surface area contributed by atoms with E-state index in [1.165, 1.54) is 0 Å². The van der Waals surface area contributed by atoms with Crippen LogP contribution >= 0.6 is 0 Å². The van der Waals surface area contributed by atoms with E-state index in [0.29, 0.717) is 38.5 Å². The van der Waals surface area contributed by atoms with Crippen LogP contribution in [0.5, 0.6) is 0 Å². The first-order chi connectivity index (χ1) is 8.25. The van der Waals surface area contributed by atoms with Crippen LogP contribution < -0.4 is 5.32 Å². The summed E-state index contributed by atoms with van der Waals surface area (Å²) >= 11 is 0. The van der Waals surface area contributed by atoms with Crippen LogP contribution in [-0.4, -0.2) is 39.0 Å². The average Bonchev–Trinajstić information content (AvgIpc) is 2.95. The third-order valence-electron chi connectivity index (χ3n) is 3.26. The Morgan fingerprint density at radius 2 is 2.47 bits per heavy atom. The minimum absolute atomic E-state index is 0.273. The Labute approximate surface area is 97.8 Å². The van der Waals surface area contributed by atoms with Crippen molar-refractivity contribution in [3.63, 3.8) is 0 Å². The normalized spacial score (nSPS) is 28.0. The largest absolute Gasteiger partial charge is 0.481 e. The fourth-order valence-corrected chi connectivity index (χ4v) is 2.37. The standard InChI is InChI=1S/C10H14N4O3/c15-10(16)6-1-2-11-8(6)9-12-7-5-17-4-3-14(7)13-9/h6,8,11H,1-5H2,(H,15,16). The number of nitrogens with one attached hydrogen (secondary N) is 1. The van der Waals surface area contributed by atoms with Gasteiger partial charge in [0.05, 0.1) is 25.1 Å². The van der Waals surface area contributed by atoms with Gasteiger partial charge in [-0.05, 0) is 13.0 Å². The second kappa shape index (κ2) is 4.08. The molecule has 1 saturated heterocycles. The van der Waals surface area contributed by atoms with E-state index in [1.54, 1.807) is 4.68 Å². The molecule has 0 saturated carbocycles. The molecule has 0 bridgehead atoms. The number of fused-ring (bicyclic) bond motifs is 1. The molecule has 0 radical (unpaired) electrons. The number of carboxylic acid groups (broad SMARTS) is 1. The van der Waals surface area contributed by atoms with Gasteiger partial charge >= 0.3 is 5.97 Å². The summed E-state index contributed by atoms with van der Waals surface area (Å²) in [4.78, 5) is 15.5. The predicted octanol–water partition coefficient (Wildman–Crippen LogP) is -0.456. The average molecular weight is 238 g/mol. The van der Waals surface area contributed by atoms with Gasteiger partial charge in [-0.15, -0.1) is 0 Å². The van der Waals surface area contributed by atoms with Gasteiger partial charge in [-0.1, -0.05) is 0 Å². The van der Waals surface area contributed by atoms with Crippen molar-refractivity contribution >= 4 is 5.97 Å². The highest BCUT2D eigenvalue weighted by atomic mass is 16.5. The van der Waals surface area contributed by atoms with Crippen molar-refractivity contribution < 1.29 is 14.6 Å². The molecule has 1 fully saturated rings. The van der Waals surface area contributed by atoms with Crippen molar-refractivity contribution in [1.82, 2.24) is 20.1 Å². The first-order valence-electron chi connectivity index (χ1n) is 5.73. The number of carboxylic acids is 1. The molecular weight excluding hydrogens is 224 g/mol. The number of aromatic nitrogens is 3. The molecule has 1 aromatic heterocycles. The maximum Gasteiger partial charge on any atom is 0.308 e. The number of hydrogen-bond donors (Lipinski definition) is 2. The molecule has 3 rings (SSSR count). The summed E-state index contributed by atoms with van der Waals surface area (Å²) in [5.74, 6) is 0.142. The summed E-state index contributed by atoms with van der Waals surface area (Å²) < 4.78 is 7.09. The molecule has 7 nitrogen and oxygen atoms in total. The number of ether oxygens (including phenoxy) is 1. The minimum Gasteiger partial charge on any atom is -0.481 e. The molecule has 0 spiro atoms. The first kappa shape index (κ1) is 10.7. The Bertz CT molecular complexity index is 421. The summed E-state index contributed by atoms with van der Waals surface area (Å²) in [6, 6.07) is -0.273. The SMILES string of the molecule is O=C(O)C1CCNC1c1nc2n(n1)CCOC2. The van der Waals surface area contributed by atoms with E-state index in [0.717, 1.165) is 5.82 Å². The van der Waals surface area contributed by atoms with Gasteiger partial charge in [0.25, 0.3) is 0 Å². The summed E-state index contributed by atoms with van der Waals surface area (Å²) in [6.45, 7) is 2.47. The lowest BCUT2D eigenvalue weighted by molar-refractivity contribution is -0.142. The van der Waals surface area contributed by atoms with Gasteiger partial charge in [0.2, 0.25) is 0 Å². The third kappa shape index (κ3) is 1.81. The molecule has 2 N–H and O–H groups in total. The van der Waals surface area contributed by atoms with Crippen LogP contribution in [0, 0.1) is 5.92 Å². The molecule has 2 aliphatic rings. The van der Waals surface area contributed by atoms with Crippen molar-refractivity contribution in [2.75, 3.05) is 13.2 Å². The van der Waals surface area contributed by atoms with Crippen LogP contribution in [0.25, 0.3) is 0 Å². The van der Waals surface area contributed by atoms with Gasteiger partial charge in [0.15, 0.2) is 11.6 Å². The minimum atomic E-state index is -0.788. The van der Waals surface area contributed by atoms with Crippen LogP contribution in [-0.2, 0) is 22.7 Å². The topological polar surface area (TPSA) is 89.3 Å². The second-order valence-corrected chi connectivity index (χ2v) is 4.33. The zero-order chi connectivity index (χ0) is 11.8. The first-order valence-corrected chi connectivity index (χ1v) is 5.73. The van der Waals surface area contributed by atoms with E-state index in [1.807, 2.05) is 0 Å². The van der Waals surface area contributed by atoms with E-state index in [2.05, 4.69) is 15.4 Å². The molecule has 0 amide bonds. The van der Waals surface area contributed by atoms with Crippen molar-refractivity contribution in [3.05, 3.63) is 11.6 Å². The van der Waals surface area contributed by atoms with Crippen LogP contribution in [0.1, 0.15) is 24.1 Å². The molecule has 92 valence electrons. The van der Waals surface area contributed by atoms with Crippen molar-refractivity contribution in [2.45, 2.75) is 25.6 Å². The fourth-order valence-electron chi connectivity index (χ4n) is 2.37. The van der Waals surface area contributed by atoms with E-state index in [9.17, 15) is 4.79 Å². The van der Waals surface area contributed by atoms with Crippen LogP contribution in [0.2, 0.25) is 0 Å². The Hall–Kier alpha value is -1.47. The molecule has 2 atom stereocenters. The van der Waals surface area contributed by atoms with E-state index in [4.69, 9.17) is 9.84 Å². The lowest BCUT2D eigenvalue weighted by Gasteiger charge is -2.12. The second-order valence-electron chi connectivity index (χ2n) is 4.33. The van der Waals surface area contributed by atoms with Crippen LogP contribution in [0.15, 0.2) is 0 Å². The van der Waals surface area contributed by atoms with Crippen molar-refractivity contribution in [3.8, 4) is 0 Å². The molecule has 0 aliphatic carbocycles. The third-order valence-corrected chi connectivity index (χ3v) is 3.26. The maximum absolute atomic E-state index is 11.1. The Morgan fingerprint density at radius 3 is 3.24 bits per heavy atom. The van der Waals surface area contributed by atoms with Crippen LogP contribution in [0.4, 0.5) is 0 Å². The van der Waals surface area contributed by atoms with Crippen LogP contribution in [0.3, 0.4) is 0 Å². The van der Waals surface area contributed by atoms with Gasteiger partial charge < -0.3 is 15.2 Å². The smallest absolute Gasteiger partial charge is 0.308 e. The molecule has 2 aliphatic heterocycles. The zero-order valence-electron chi connectivity index (χ0n) is 9.30. The highest BCUT2D eigenvalue weighted by molar-refractivity contribution is 5.71. The molecule has 7 heteroatoms. The Morgan fingerprint density at radius 1 is 1.59 bits per heavy atom. The summed E-state index contributed by atoms with van der Waals surface area (Å²) in [5.41, 5.74) is 0. The number of rotatable bonds is 2. The van der Waals surface area contributed by atoms with E-state index in [-0.39, 0.29) is 6.04 Å². The fraction of sp³-hybridized carbons (Fsp3) is 0.700. The van der Waals surface area contributed by atoms with Gasteiger partial charge in [0.1, 0.15) is 6.61 Å². The number of carbonyl (C=O) groups is 1. The molecule has 1 aromatic rings. The molecular formula is C10H14N4O3. The molecule has 2 unspecified atom stereocenters. The van der Waals surface area contributed by atoms with Crippen molar-refractivity contribution in [1.29, 1.82) is 0 Å². The summed E-state index contributed by atoms with van der Waals surface area (Å²) in [7, 11) is 0. The highest BCUT2D eigenvalue weighted by Gasteiger charge is 2.36. The monoisotopic (exact) mass is 238 g/mol.